The smallest absolute Gasteiger partial charge is 0.219 e. The van der Waals surface area contributed by atoms with Crippen LogP contribution in [-0.4, -0.2) is 29.7 Å². The van der Waals surface area contributed by atoms with E-state index in [1.807, 2.05) is 20.8 Å². The largest absolute Gasteiger partial charge is 0.472 e. The molecule has 1 N–H and O–H groups in total. The van der Waals surface area contributed by atoms with Crippen LogP contribution in [0.15, 0.2) is 6.07 Å². The summed E-state index contributed by atoms with van der Waals surface area (Å²) in [6, 6.07) is 1.77. The van der Waals surface area contributed by atoms with Crippen molar-refractivity contribution in [2.24, 2.45) is 0 Å². The second kappa shape index (κ2) is 5.12. The molecule has 0 aliphatic rings. The molecule has 0 aromatic carbocycles. The first kappa shape index (κ1) is 12.7. The van der Waals surface area contributed by atoms with Gasteiger partial charge in [-0.2, -0.15) is 4.98 Å². The number of nitrogens with one attached hydrogen (secondary N) is 1. The summed E-state index contributed by atoms with van der Waals surface area (Å²) in [4.78, 5) is 8.50. The molecule has 0 spiro atoms. The number of anilines is 1. The van der Waals surface area contributed by atoms with Crippen molar-refractivity contribution in [3.63, 3.8) is 0 Å². The van der Waals surface area contributed by atoms with E-state index in [2.05, 4.69) is 15.3 Å². The normalized spacial score (nSPS) is 11.3. The topological polar surface area (TPSA) is 56.3 Å². The van der Waals surface area contributed by atoms with Crippen LogP contribution in [0.4, 0.5) is 5.82 Å². The molecule has 1 rings (SSSR count). The second-order valence-corrected chi connectivity index (χ2v) is 4.41. The van der Waals surface area contributed by atoms with Gasteiger partial charge in [0.15, 0.2) is 5.82 Å². The van der Waals surface area contributed by atoms with Crippen molar-refractivity contribution in [3.05, 3.63) is 11.9 Å². The van der Waals surface area contributed by atoms with Crippen molar-refractivity contribution >= 4 is 5.82 Å². The molecule has 1 aromatic rings. The average molecular weight is 225 g/mol. The SMILES string of the molecule is CNc1cc(OC(C)(C)C)nc(COC)n1. The van der Waals surface area contributed by atoms with Gasteiger partial charge < -0.3 is 14.8 Å². The average Bonchev–Trinajstić information content (AvgIpc) is 2.15. The van der Waals surface area contributed by atoms with Crippen molar-refractivity contribution < 1.29 is 9.47 Å². The van der Waals surface area contributed by atoms with Crippen LogP contribution < -0.4 is 10.1 Å². The van der Waals surface area contributed by atoms with Gasteiger partial charge in [-0.25, -0.2) is 4.98 Å². The Kier molecular flexibility index (Phi) is 4.06. The highest BCUT2D eigenvalue weighted by molar-refractivity contribution is 5.37. The minimum absolute atomic E-state index is 0.274. The molecule has 0 unspecified atom stereocenters. The Balaban J connectivity index is 2.95. The third-order valence-corrected chi connectivity index (χ3v) is 1.69. The van der Waals surface area contributed by atoms with E-state index < -0.39 is 0 Å². The summed E-state index contributed by atoms with van der Waals surface area (Å²) in [6.07, 6.45) is 0. The van der Waals surface area contributed by atoms with Crippen molar-refractivity contribution in [3.8, 4) is 5.88 Å². The summed E-state index contributed by atoms with van der Waals surface area (Å²) < 4.78 is 10.7. The minimum atomic E-state index is -0.274. The number of methoxy groups -OCH3 is 1. The Morgan fingerprint density at radius 3 is 2.50 bits per heavy atom. The lowest BCUT2D eigenvalue weighted by atomic mass is 10.2. The predicted molar refractivity (Wildman–Crippen MR) is 62.7 cm³/mol. The summed E-state index contributed by atoms with van der Waals surface area (Å²) in [5.74, 6) is 1.88. The van der Waals surface area contributed by atoms with Crippen LogP contribution in [0.2, 0.25) is 0 Å². The fourth-order valence-electron chi connectivity index (χ4n) is 1.16. The van der Waals surface area contributed by atoms with E-state index in [-0.39, 0.29) is 5.60 Å². The molecule has 0 atom stereocenters. The fourth-order valence-corrected chi connectivity index (χ4v) is 1.16. The Morgan fingerprint density at radius 1 is 1.31 bits per heavy atom. The van der Waals surface area contributed by atoms with Crippen LogP contribution in [0.5, 0.6) is 5.88 Å². The molecule has 0 bridgehead atoms. The number of hydrogen-bond acceptors (Lipinski definition) is 5. The summed E-state index contributed by atoms with van der Waals surface area (Å²) in [5.41, 5.74) is -0.274. The highest BCUT2D eigenvalue weighted by Crippen LogP contribution is 2.18. The Bertz CT molecular complexity index is 348. The lowest BCUT2D eigenvalue weighted by Crippen LogP contribution is -2.24. The molecular formula is C11H19N3O2. The summed E-state index contributed by atoms with van der Waals surface area (Å²) in [7, 11) is 3.42. The first-order valence-electron chi connectivity index (χ1n) is 5.18. The van der Waals surface area contributed by atoms with Crippen LogP contribution in [0.3, 0.4) is 0 Å². The number of rotatable bonds is 4. The predicted octanol–water partition coefficient (Wildman–Crippen LogP) is 1.84. The lowest BCUT2D eigenvalue weighted by Gasteiger charge is -2.20. The molecule has 0 amide bonds. The zero-order valence-electron chi connectivity index (χ0n) is 10.5. The van der Waals surface area contributed by atoms with E-state index >= 15 is 0 Å². The van der Waals surface area contributed by atoms with Gasteiger partial charge in [-0.05, 0) is 20.8 Å². The van der Waals surface area contributed by atoms with E-state index in [0.717, 1.165) is 5.82 Å². The van der Waals surface area contributed by atoms with Crippen molar-refractivity contribution in [1.29, 1.82) is 0 Å². The van der Waals surface area contributed by atoms with Gasteiger partial charge in [0, 0.05) is 20.2 Å². The zero-order chi connectivity index (χ0) is 12.2. The van der Waals surface area contributed by atoms with Gasteiger partial charge >= 0.3 is 0 Å². The Hall–Kier alpha value is -1.36. The number of hydrogen-bond donors (Lipinski definition) is 1. The van der Waals surface area contributed by atoms with Crippen LogP contribution in [0.1, 0.15) is 26.6 Å². The van der Waals surface area contributed by atoms with Crippen molar-refractivity contribution in [2.75, 3.05) is 19.5 Å². The molecule has 90 valence electrons. The van der Waals surface area contributed by atoms with E-state index in [1.54, 1.807) is 20.2 Å². The molecule has 16 heavy (non-hydrogen) atoms. The molecule has 0 saturated heterocycles. The zero-order valence-corrected chi connectivity index (χ0v) is 10.5. The van der Waals surface area contributed by atoms with Crippen LogP contribution >= 0.6 is 0 Å². The van der Waals surface area contributed by atoms with Crippen molar-refractivity contribution in [1.82, 2.24) is 9.97 Å². The highest BCUT2D eigenvalue weighted by Gasteiger charge is 2.14. The van der Waals surface area contributed by atoms with E-state index in [1.165, 1.54) is 0 Å². The van der Waals surface area contributed by atoms with Gasteiger partial charge in [0.25, 0.3) is 0 Å². The molecule has 0 radical (unpaired) electrons. The van der Waals surface area contributed by atoms with Crippen LogP contribution in [0.25, 0.3) is 0 Å². The van der Waals surface area contributed by atoms with E-state index in [0.29, 0.717) is 18.3 Å². The monoisotopic (exact) mass is 225 g/mol. The molecule has 5 nitrogen and oxygen atoms in total. The highest BCUT2D eigenvalue weighted by atomic mass is 16.5. The molecule has 0 aliphatic carbocycles. The maximum atomic E-state index is 5.68. The van der Waals surface area contributed by atoms with Gasteiger partial charge in [0.1, 0.15) is 18.0 Å². The molecule has 0 aliphatic heterocycles. The van der Waals surface area contributed by atoms with Crippen LogP contribution in [0, 0.1) is 0 Å². The Morgan fingerprint density at radius 2 is 2.00 bits per heavy atom. The molecule has 0 fully saturated rings. The number of nitrogens with zero attached hydrogens (tertiary/aromatic N) is 2. The van der Waals surface area contributed by atoms with E-state index in [9.17, 15) is 0 Å². The second-order valence-electron chi connectivity index (χ2n) is 4.41. The summed E-state index contributed by atoms with van der Waals surface area (Å²) >= 11 is 0. The number of ether oxygens (including phenoxy) is 2. The third-order valence-electron chi connectivity index (χ3n) is 1.69. The quantitative estimate of drug-likeness (QED) is 0.847. The lowest BCUT2D eigenvalue weighted by molar-refractivity contribution is 0.121. The first-order valence-corrected chi connectivity index (χ1v) is 5.18. The van der Waals surface area contributed by atoms with Gasteiger partial charge in [0.05, 0.1) is 0 Å². The van der Waals surface area contributed by atoms with Gasteiger partial charge in [0.2, 0.25) is 5.88 Å². The van der Waals surface area contributed by atoms with E-state index in [4.69, 9.17) is 9.47 Å². The maximum absolute atomic E-state index is 5.68. The molecule has 0 saturated carbocycles. The molecule has 1 heterocycles. The maximum Gasteiger partial charge on any atom is 0.219 e. The molecule has 5 heteroatoms. The molecular weight excluding hydrogens is 206 g/mol. The van der Waals surface area contributed by atoms with Gasteiger partial charge in [-0.3, -0.25) is 0 Å². The third kappa shape index (κ3) is 4.02. The first-order chi connectivity index (χ1) is 7.44. The number of aromatic nitrogens is 2. The van der Waals surface area contributed by atoms with Crippen LogP contribution in [-0.2, 0) is 11.3 Å². The van der Waals surface area contributed by atoms with Crippen molar-refractivity contribution in [2.45, 2.75) is 33.0 Å². The summed E-state index contributed by atoms with van der Waals surface area (Å²) in [5, 5.41) is 2.97. The minimum Gasteiger partial charge on any atom is -0.472 e. The molecule has 1 aromatic heterocycles. The van der Waals surface area contributed by atoms with Gasteiger partial charge in [-0.1, -0.05) is 0 Å². The Labute approximate surface area is 96.2 Å². The summed E-state index contributed by atoms with van der Waals surface area (Å²) in [6.45, 7) is 6.30. The fraction of sp³-hybridized carbons (Fsp3) is 0.636. The standard InChI is InChI=1S/C11H19N3O2/c1-11(2,3)16-10-6-8(12-4)13-9(14-10)7-15-5/h6H,7H2,1-5H3,(H,12,13,14). The van der Waals surface area contributed by atoms with Gasteiger partial charge in [-0.15, -0.1) is 0 Å².